The van der Waals surface area contributed by atoms with Crippen molar-refractivity contribution in [3.8, 4) is 0 Å². The maximum Gasteiger partial charge on any atom is 0.289 e. The summed E-state index contributed by atoms with van der Waals surface area (Å²) in [5.74, 6) is -4.20. The lowest BCUT2D eigenvalue weighted by Crippen LogP contribution is -2.65. The maximum absolute atomic E-state index is 14.9. The first-order valence-electron chi connectivity index (χ1n) is 20.0. The van der Waals surface area contributed by atoms with E-state index in [1.54, 1.807) is 0 Å². The molecule has 5 atom stereocenters. The van der Waals surface area contributed by atoms with Crippen molar-refractivity contribution < 1.29 is 28.8 Å². The van der Waals surface area contributed by atoms with E-state index in [1.807, 2.05) is 32.9 Å². The third-order valence-corrected chi connectivity index (χ3v) is 12.5. The molecule has 1 heterocycles. The summed E-state index contributed by atoms with van der Waals surface area (Å²) >= 11 is 0. The van der Waals surface area contributed by atoms with E-state index in [4.69, 9.17) is 0 Å². The monoisotopic (exact) mass is 738 g/mol. The molecule has 12 nitrogen and oxygen atoms in total. The summed E-state index contributed by atoms with van der Waals surface area (Å²) < 4.78 is 0. The molecule has 4 N–H and O–H groups in total. The minimum absolute atomic E-state index is 0.00945. The third kappa shape index (κ3) is 8.27. The number of Topliss-reactive ketones (excluding diaryl/α,β-unsaturated/α-hetero) is 2. The first-order valence-corrected chi connectivity index (χ1v) is 20.0. The number of carbonyl (C=O) groups excluding carboxylic acids is 6. The molecule has 3 unspecified atom stereocenters. The van der Waals surface area contributed by atoms with Crippen LogP contribution in [0.5, 0.6) is 0 Å². The van der Waals surface area contributed by atoms with Crippen molar-refractivity contribution in [3.05, 3.63) is 59.7 Å². The average molecular weight is 739 g/mol. The van der Waals surface area contributed by atoms with Crippen molar-refractivity contribution in [3.63, 3.8) is 0 Å². The zero-order valence-corrected chi connectivity index (χ0v) is 31.7. The standard InChI is InChI=1S/C42H54N6O6/c1-41(2,3)36(48-39(53)33(25-9-5-4-6-10-25)47-37(51)31-23-43-17-18-44-31)34(49)29-22-42(20-26-11-7-8-12-27(26)21-42)32(29)38(52)46-30(19-24-13-14-24)35(50)40(54)45-28-15-16-28/h7-8,11-12,17-18,23-25,28-30,32-33,36H,4-6,9-10,13-16,19-22H2,1-3H3,(H,45,54)(H,46,52)(H,47,51)(H,48,53)/t29?,30?,32?,33-,36+/m0/s1. The summed E-state index contributed by atoms with van der Waals surface area (Å²) in [6, 6.07) is 5.29. The van der Waals surface area contributed by atoms with Crippen molar-refractivity contribution in [2.75, 3.05) is 0 Å². The first-order chi connectivity index (χ1) is 25.8. The zero-order chi connectivity index (χ0) is 38.2. The Balaban J connectivity index is 1.14. The van der Waals surface area contributed by atoms with Gasteiger partial charge in [-0.05, 0) is 85.2 Å². The molecular formula is C42H54N6O6. The van der Waals surface area contributed by atoms with Gasteiger partial charge in [0.1, 0.15) is 11.7 Å². The van der Waals surface area contributed by atoms with E-state index >= 15 is 0 Å². The fraction of sp³-hybridized carbons (Fsp3) is 0.619. The molecule has 1 spiro atoms. The van der Waals surface area contributed by atoms with Crippen LogP contribution < -0.4 is 21.3 Å². The van der Waals surface area contributed by atoms with Crippen LogP contribution >= 0.6 is 0 Å². The largest absolute Gasteiger partial charge is 0.347 e. The van der Waals surface area contributed by atoms with E-state index in [1.165, 1.54) is 18.6 Å². The van der Waals surface area contributed by atoms with Gasteiger partial charge in [0.05, 0.1) is 24.2 Å². The molecule has 0 saturated heterocycles. The topological polar surface area (TPSA) is 176 Å². The molecule has 1 aromatic carbocycles. The quantitative estimate of drug-likeness (QED) is 0.212. The number of hydrogen-bond acceptors (Lipinski definition) is 8. The second-order valence-corrected chi connectivity index (χ2v) is 17.8. The summed E-state index contributed by atoms with van der Waals surface area (Å²) in [6.07, 6.45) is 14.4. The number of ketones is 2. The molecule has 54 heavy (non-hydrogen) atoms. The van der Waals surface area contributed by atoms with Gasteiger partial charge in [-0.1, -0.05) is 77.1 Å². The molecule has 7 rings (SSSR count). The summed E-state index contributed by atoms with van der Waals surface area (Å²) in [7, 11) is 0. The number of hydrogen-bond donors (Lipinski definition) is 4. The summed E-state index contributed by atoms with van der Waals surface area (Å²) in [5, 5.41) is 11.8. The SMILES string of the molecule is CC(C)(C)[C@H](NC(=O)[C@@H](NC(=O)c1cnccn1)C1CCCCC1)C(=O)C1CC2(Cc3ccccc3C2)C1C(=O)NC(CC1CC1)C(=O)C(=O)NC1CC1. The van der Waals surface area contributed by atoms with E-state index in [0.29, 0.717) is 25.7 Å². The predicted molar refractivity (Wildman–Crippen MR) is 200 cm³/mol. The van der Waals surface area contributed by atoms with Crippen molar-refractivity contribution >= 4 is 35.2 Å². The van der Waals surface area contributed by atoms with Gasteiger partial charge in [0.15, 0.2) is 5.78 Å². The van der Waals surface area contributed by atoms with Gasteiger partial charge in [-0.3, -0.25) is 33.8 Å². The van der Waals surface area contributed by atoms with Crippen molar-refractivity contribution in [1.82, 2.24) is 31.2 Å². The van der Waals surface area contributed by atoms with Crippen molar-refractivity contribution in [2.24, 2.45) is 34.5 Å². The van der Waals surface area contributed by atoms with Crippen LogP contribution in [0.25, 0.3) is 0 Å². The van der Waals surface area contributed by atoms with Crippen LogP contribution in [0.4, 0.5) is 0 Å². The zero-order valence-electron chi connectivity index (χ0n) is 31.7. The lowest BCUT2D eigenvalue weighted by atomic mass is 9.49. The molecule has 0 bridgehead atoms. The van der Waals surface area contributed by atoms with E-state index in [0.717, 1.165) is 68.9 Å². The van der Waals surface area contributed by atoms with Crippen LogP contribution in [0, 0.1) is 34.5 Å². The summed E-state index contributed by atoms with van der Waals surface area (Å²) in [4.78, 5) is 91.6. The van der Waals surface area contributed by atoms with Gasteiger partial charge in [-0.2, -0.15) is 0 Å². The van der Waals surface area contributed by atoms with E-state index in [9.17, 15) is 28.8 Å². The number of fused-ring (bicyclic) bond motifs is 1. The number of benzene rings is 1. The molecule has 2 aromatic rings. The molecule has 5 aliphatic carbocycles. The van der Waals surface area contributed by atoms with Gasteiger partial charge in [0, 0.05) is 24.4 Å². The molecule has 5 aliphatic rings. The highest BCUT2D eigenvalue weighted by atomic mass is 16.2. The minimum atomic E-state index is -0.965. The summed E-state index contributed by atoms with van der Waals surface area (Å²) in [5.41, 5.74) is 1.13. The lowest BCUT2D eigenvalue weighted by molar-refractivity contribution is -0.158. The minimum Gasteiger partial charge on any atom is -0.347 e. The van der Waals surface area contributed by atoms with Crippen LogP contribution in [0.3, 0.4) is 0 Å². The van der Waals surface area contributed by atoms with Gasteiger partial charge in [0.2, 0.25) is 17.6 Å². The predicted octanol–water partition coefficient (Wildman–Crippen LogP) is 3.81. The molecule has 12 heteroatoms. The van der Waals surface area contributed by atoms with Crippen LogP contribution in [-0.2, 0) is 36.8 Å². The van der Waals surface area contributed by atoms with E-state index in [2.05, 4.69) is 43.4 Å². The Hall–Kier alpha value is -4.48. The Labute approximate surface area is 317 Å². The molecule has 0 aliphatic heterocycles. The third-order valence-electron chi connectivity index (χ3n) is 12.5. The van der Waals surface area contributed by atoms with E-state index in [-0.39, 0.29) is 35.3 Å². The molecule has 4 fully saturated rings. The molecular weight excluding hydrogens is 684 g/mol. The molecule has 0 radical (unpaired) electrons. The van der Waals surface area contributed by atoms with Crippen LogP contribution in [0.1, 0.15) is 113 Å². The van der Waals surface area contributed by atoms with Crippen molar-refractivity contribution in [2.45, 2.75) is 128 Å². The van der Waals surface area contributed by atoms with Gasteiger partial charge in [-0.15, -0.1) is 0 Å². The van der Waals surface area contributed by atoms with Gasteiger partial charge in [0.25, 0.3) is 11.8 Å². The Morgan fingerprint density at radius 3 is 2.13 bits per heavy atom. The first kappa shape index (κ1) is 37.8. The highest BCUT2D eigenvalue weighted by Gasteiger charge is 2.63. The Bertz CT molecular complexity index is 1750. The normalized spacial score (nSPS) is 23.5. The van der Waals surface area contributed by atoms with Gasteiger partial charge >= 0.3 is 0 Å². The molecule has 4 saturated carbocycles. The Morgan fingerprint density at radius 2 is 1.54 bits per heavy atom. The number of nitrogens with one attached hydrogen (secondary N) is 4. The smallest absolute Gasteiger partial charge is 0.289 e. The number of amides is 4. The van der Waals surface area contributed by atoms with Crippen LogP contribution in [0.2, 0.25) is 0 Å². The highest BCUT2D eigenvalue weighted by molar-refractivity contribution is 6.38. The maximum atomic E-state index is 14.9. The highest BCUT2D eigenvalue weighted by Crippen LogP contribution is 2.59. The Morgan fingerprint density at radius 1 is 0.852 bits per heavy atom. The van der Waals surface area contributed by atoms with Gasteiger partial charge in [-0.25, -0.2) is 4.98 Å². The van der Waals surface area contributed by atoms with Gasteiger partial charge < -0.3 is 21.3 Å². The molecule has 1 aromatic heterocycles. The second kappa shape index (κ2) is 15.3. The fourth-order valence-electron chi connectivity index (χ4n) is 9.24. The number of carbonyl (C=O) groups is 6. The van der Waals surface area contributed by atoms with E-state index < -0.39 is 64.3 Å². The lowest BCUT2D eigenvalue weighted by Gasteiger charge is -2.53. The molecule has 4 amide bonds. The van der Waals surface area contributed by atoms with Crippen LogP contribution in [0.15, 0.2) is 42.9 Å². The number of nitrogens with zero attached hydrogens (tertiary/aromatic N) is 2. The second-order valence-electron chi connectivity index (χ2n) is 17.8. The van der Waals surface area contributed by atoms with Crippen molar-refractivity contribution in [1.29, 1.82) is 0 Å². The molecule has 288 valence electrons. The summed E-state index contributed by atoms with van der Waals surface area (Å²) in [6.45, 7) is 5.67. The number of rotatable bonds is 14. The fourth-order valence-corrected chi connectivity index (χ4v) is 9.24. The van der Waals surface area contributed by atoms with Crippen LogP contribution in [-0.4, -0.2) is 69.3 Å². The average Bonchev–Trinajstić information content (AvgIpc) is 4.09. The number of aromatic nitrogens is 2. The Kier molecular flexibility index (Phi) is 10.7.